The van der Waals surface area contributed by atoms with Crippen LogP contribution in [-0.4, -0.2) is 19.1 Å². The molecule has 1 saturated carbocycles. The van der Waals surface area contributed by atoms with Crippen LogP contribution in [0.5, 0.6) is 0 Å². The van der Waals surface area contributed by atoms with Crippen LogP contribution in [0.25, 0.3) is 0 Å². The van der Waals surface area contributed by atoms with Crippen LogP contribution in [0.2, 0.25) is 0 Å². The molecule has 2 aliphatic rings. The predicted octanol–water partition coefficient (Wildman–Crippen LogP) is 1.77. The minimum Gasteiger partial charge on any atom is -0.315 e. The van der Waals surface area contributed by atoms with Gasteiger partial charge in [0.15, 0.2) is 0 Å². The van der Waals surface area contributed by atoms with Gasteiger partial charge in [0, 0.05) is 18.1 Å². The molecule has 16 heavy (non-hydrogen) atoms. The second-order valence-electron chi connectivity index (χ2n) is 4.93. The molecule has 1 aromatic rings. The molecule has 1 aromatic carbocycles. The van der Waals surface area contributed by atoms with E-state index in [4.69, 9.17) is 0 Å². The second kappa shape index (κ2) is 3.82. The fourth-order valence-electron chi connectivity index (χ4n) is 2.60. The molecule has 1 saturated heterocycles. The van der Waals surface area contributed by atoms with Crippen molar-refractivity contribution in [1.82, 2.24) is 10.6 Å². The van der Waals surface area contributed by atoms with Gasteiger partial charge in [-0.25, -0.2) is 4.39 Å². The third-order valence-electron chi connectivity index (χ3n) is 3.67. The van der Waals surface area contributed by atoms with Crippen molar-refractivity contribution in [2.75, 3.05) is 13.1 Å². The lowest BCUT2D eigenvalue weighted by atomic mass is 10.0. The van der Waals surface area contributed by atoms with Crippen molar-refractivity contribution in [1.29, 1.82) is 0 Å². The van der Waals surface area contributed by atoms with Crippen molar-refractivity contribution in [3.8, 4) is 0 Å². The third-order valence-corrected chi connectivity index (χ3v) is 3.67. The zero-order chi connectivity index (χ0) is 11.0. The van der Waals surface area contributed by atoms with Crippen molar-refractivity contribution >= 4 is 0 Å². The molecular weight excluding hydrogens is 203 g/mol. The van der Waals surface area contributed by atoms with Crippen LogP contribution in [0.3, 0.4) is 0 Å². The van der Waals surface area contributed by atoms with Crippen LogP contribution in [-0.2, 0) is 5.54 Å². The average Bonchev–Trinajstić information content (AvgIpc) is 2.87. The molecule has 1 heterocycles. The van der Waals surface area contributed by atoms with Crippen LogP contribution >= 0.6 is 0 Å². The highest BCUT2D eigenvalue weighted by atomic mass is 19.1. The molecule has 2 N–H and O–H groups in total. The predicted molar refractivity (Wildman–Crippen MR) is 61.7 cm³/mol. The van der Waals surface area contributed by atoms with E-state index in [9.17, 15) is 4.39 Å². The smallest absolute Gasteiger partial charge is 0.123 e. The van der Waals surface area contributed by atoms with Gasteiger partial charge in [-0.15, -0.1) is 0 Å². The van der Waals surface area contributed by atoms with Gasteiger partial charge >= 0.3 is 0 Å². The van der Waals surface area contributed by atoms with E-state index in [-0.39, 0.29) is 11.4 Å². The van der Waals surface area contributed by atoms with E-state index in [2.05, 4.69) is 10.6 Å². The number of rotatable bonds is 3. The summed E-state index contributed by atoms with van der Waals surface area (Å²) in [6.07, 6.45) is 3.44. The van der Waals surface area contributed by atoms with Crippen LogP contribution < -0.4 is 10.6 Å². The Kier molecular flexibility index (Phi) is 2.45. The first-order chi connectivity index (χ1) is 7.78. The Bertz CT molecular complexity index is 381. The summed E-state index contributed by atoms with van der Waals surface area (Å²) >= 11 is 0. The molecule has 0 bridgehead atoms. The zero-order valence-electron chi connectivity index (χ0n) is 9.30. The normalized spacial score (nSPS) is 26.9. The van der Waals surface area contributed by atoms with Crippen LogP contribution in [0.15, 0.2) is 24.3 Å². The fraction of sp³-hybridized carbons (Fsp3) is 0.538. The minimum absolute atomic E-state index is 0.0682. The molecule has 1 atom stereocenters. The number of hydrogen-bond donors (Lipinski definition) is 2. The van der Waals surface area contributed by atoms with Gasteiger partial charge in [0.05, 0.1) is 0 Å². The average molecular weight is 220 g/mol. The summed E-state index contributed by atoms with van der Waals surface area (Å²) < 4.78 is 13.2. The van der Waals surface area contributed by atoms with E-state index in [1.54, 1.807) is 12.1 Å². The summed E-state index contributed by atoms with van der Waals surface area (Å²) in [5.41, 5.74) is 1.18. The number of benzene rings is 1. The molecule has 86 valence electrons. The molecule has 1 aliphatic carbocycles. The molecule has 2 fully saturated rings. The summed E-state index contributed by atoms with van der Waals surface area (Å²) in [6.45, 7) is 2.13. The fourth-order valence-corrected chi connectivity index (χ4v) is 2.60. The van der Waals surface area contributed by atoms with Crippen LogP contribution in [0.4, 0.5) is 4.39 Å². The highest BCUT2D eigenvalue weighted by Crippen LogP contribution is 2.46. The topological polar surface area (TPSA) is 24.1 Å². The van der Waals surface area contributed by atoms with E-state index in [1.807, 2.05) is 6.07 Å². The van der Waals surface area contributed by atoms with Gasteiger partial charge in [-0.1, -0.05) is 12.1 Å². The lowest BCUT2D eigenvalue weighted by Gasteiger charge is -2.22. The van der Waals surface area contributed by atoms with E-state index < -0.39 is 0 Å². The summed E-state index contributed by atoms with van der Waals surface area (Å²) in [5, 5.41) is 7.03. The number of nitrogens with one attached hydrogen (secondary N) is 2. The molecule has 1 unspecified atom stereocenters. The molecule has 3 rings (SSSR count). The summed E-state index contributed by atoms with van der Waals surface area (Å²) in [4.78, 5) is 0. The largest absolute Gasteiger partial charge is 0.315 e. The second-order valence-corrected chi connectivity index (χ2v) is 4.93. The van der Waals surface area contributed by atoms with Gasteiger partial charge in [-0.05, 0) is 43.5 Å². The van der Waals surface area contributed by atoms with Crippen molar-refractivity contribution < 1.29 is 4.39 Å². The maximum Gasteiger partial charge on any atom is 0.123 e. The maximum atomic E-state index is 13.2. The number of halogens is 1. The van der Waals surface area contributed by atoms with Crippen molar-refractivity contribution in [3.05, 3.63) is 35.6 Å². The molecule has 0 amide bonds. The van der Waals surface area contributed by atoms with Crippen LogP contribution in [0.1, 0.15) is 24.8 Å². The van der Waals surface area contributed by atoms with Gasteiger partial charge in [-0.3, -0.25) is 0 Å². The summed E-state index contributed by atoms with van der Waals surface area (Å²) in [7, 11) is 0. The van der Waals surface area contributed by atoms with Crippen molar-refractivity contribution in [3.63, 3.8) is 0 Å². The first-order valence-corrected chi connectivity index (χ1v) is 6.03. The Morgan fingerprint density at radius 1 is 1.38 bits per heavy atom. The van der Waals surface area contributed by atoms with Crippen LogP contribution in [0, 0.1) is 5.82 Å². The molecule has 0 radical (unpaired) electrons. The Morgan fingerprint density at radius 2 is 2.25 bits per heavy atom. The summed E-state index contributed by atoms with van der Waals surface area (Å²) in [6, 6.07) is 7.56. The van der Waals surface area contributed by atoms with E-state index >= 15 is 0 Å². The van der Waals surface area contributed by atoms with Crippen molar-refractivity contribution in [2.45, 2.75) is 30.8 Å². The number of hydrogen-bond acceptors (Lipinski definition) is 2. The lowest BCUT2D eigenvalue weighted by molar-refractivity contribution is 0.436. The van der Waals surface area contributed by atoms with Gasteiger partial charge in [-0.2, -0.15) is 0 Å². The molecule has 0 spiro atoms. The van der Waals surface area contributed by atoms with E-state index in [0.717, 1.165) is 31.5 Å². The summed E-state index contributed by atoms with van der Waals surface area (Å²) in [5.74, 6) is -0.130. The van der Waals surface area contributed by atoms with Gasteiger partial charge in [0.1, 0.15) is 5.82 Å². The molecule has 2 nitrogen and oxygen atoms in total. The first kappa shape index (κ1) is 10.2. The maximum absolute atomic E-state index is 13.2. The highest BCUT2D eigenvalue weighted by Gasteiger charge is 2.45. The Morgan fingerprint density at radius 3 is 2.88 bits per heavy atom. The lowest BCUT2D eigenvalue weighted by Crippen LogP contribution is -2.39. The highest BCUT2D eigenvalue weighted by molar-refractivity contribution is 5.31. The Labute approximate surface area is 95.2 Å². The van der Waals surface area contributed by atoms with E-state index in [0.29, 0.717) is 6.04 Å². The molecule has 0 aromatic heterocycles. The zero-order valence-corrected chi connectivity index (χ0v) is 9.30. The minimum atomic E-state index is -0.130. The standard InChI is InChI=1S/C13H17FN2/c14-11-3-1-2-10(8-11)13(5-6-13)16-12-4-7-15-9-12/h1-3,8,12,15-16H,4-7,9H2. The van der Waals surface area contributed by atoms with Gasteiger partial charge < -0.3 is 10.6 Å². The molecule has 1 aliphatic heterocycles. The van der Waals surface area contributed by atoms with Gasteiger partial charge in [0.25, 0.3) is 0 Å². The van der Waals surface area contributed by atoms with Crippen molar-refractivity contribution in [2.24, 2.45) is 0 Å². The molecular formula is C13H17FN2. The quantitative estimate of drug-likeness (QED) is 0.811. The monoisotopic (exact) mass is 220 g/mol. The Hall–Kier alpha value is -0.930. The SMILES string of the molecule is Fc1cccc(C2(NC3CCNC3)CC2)c1. The van der Waals surface area contributed by atoms with E-state index in [1.165, 1.54) is 12.5 Å². The van der Waals surface area contributed by atoms with Gasteiger partial charge in [0.2, 0.25) is 0 Å². The third kappa shape index (κ3) is 1.85. The Balaban J connectivity index is 1.77. The molecule has 3 heteroatoms. The first-order valence-electron chi connectivity index (χ1n) is 6.03.